The Labute approximate surface area is 226 Å². The third-order valence-corrected chi connectivity index (χ3v) is 7.24. The number of hydrogen-bond acceptors (Lipinski definition) is 8. The van der Waals surface area contributed by atoms with Crippen molar-refractivity contribution in [3.63, 3.8) is 0 Å². The van der Waals surface area contributed by atoms with Crippen LogP contribution in [0, 0.1) is 0 Å². The van der Waals surface area contributed by atoms with Gasteiger partial charge in [-0.15, -0.1) is 11.3 Å². The molecule has 1 fully saturated rings. The topological polar surface area (TPSA) is 207 Å². The number of nitrogens with zero attached hydrogens (tertiary/aromatic N) is 5. The fourth-order valence-electron chi connectivity index (χ4n) is 4.24. The SMILES string of the molecule is NC(N)=NCCCC[C@H](NC(=O)c1csc([C@@H]2C[C@@H](N)CN2C(=O)c2cn3cc(Cl)ccc3n2)n1)C(=O)O. The number of hydrogen-bond donors (Lipinski definition) is 5. The molecule has 4 heterocycles. The van der Waals surface area contributed by atoms with Gasteiger partial charge in [0.25, 0.3) is 11.8 Å². The molecule has 0 aromatic carbocycles. The van der Waals surface area contributed by atoms with Crippen molar-refractivity contribution >= 4 is 52.3 Å². The zero-order chi connectivity index (χ0) is 27.4. The average Bonchev–Trinajstić information content (AvgIpc) is 3.59. The first kappa shape index (κ1) is 27.3. The summed E-state index contributed by atoms with van der Waals surface area (Å²) in [7, 11) is 0. The molecule has 15 heteroatoms. The summed E-state index contributed by atoms with van der Waals surface area (Å²) < 4.78 is 1.67. The summed E-state index contributed by atoms with van der Waals surface area (Å²) in [5.41, 5.74) is 17.6. The van der Waals surface area contributed by atoms with Crippen molar-refractivity contribution in [3.05, 3.63) is 51.3 Å². The molecule has 1 saturated heterocycles. The zero-order valence-corrected chi connectivity index (χ0v) is 21.9. The van der Waals surface area contributed by atoms with Gasteiger partial charge >= 0.3 is 5.97 Å². The number of aromatic nitrogens is 3. The summed E-state index contributed by atoms with van der Waals surface area (Å²) in [5, 5.41) is 14.6. The molecule has 202 valence electrons. The number of nitrogens with one attached hydrogen (secondary N) is 1. The van der Waals surface area contributed by atoms with Crippen LogP contribution in [-0.2, 0) is 4.79 Å². The number of pyridine rings is 1. The number of imidazole rings is 1. The van der Waals surface area contributed by atoms with Gasteiger partial charge in [0.05, 0.1) is 11.1 Å². The number of aliphatic imine (C=N–C) groups is 1. The number of aliphatic carboxylic acids is 1. The number of nitrogens with two attached hydrogens (primary N) is 3. The van der Waals surface area contributed by atoms with Crippen LogP contribution in [-0.4, -0.2) is 73.3 Å². The molecule has 0 unspecified atom stereocenters. The maximum atomic E-state index is 13.3. The Morgan fingerprint density at radius 1 is 1.21 bits per heavy atom. The maximum absolute atomic E-state index is 13.3. The lowest BCUT2D eigenvalue weighted by atomic mass is 10.1. The number of thiazole rings is 1. The maximum Gasteiger partial charge on any atom is 0.326 e. The molecular weight excluding hydrogens is 534 g/mol. The first-order valence-corrected chi connectivity index (χ1v) is 13.1. The van der Waals surface area contributed by atoms with Crippen molar-refractivity contribution in [2.45, 2.75) is 43.8 Å². The summed E-state index contributed by atoms with van der Waals surface area (Å²) in [4.78, 5) is 52.1. The number of halogens is 1. The molecule has 0 spiro atoms. The highest BCUT2D eigenvalue weighted by Crippen LogP contribution is 2.34. The van der Waals surface area contributed by atoms with Gasteiger partial charge in [0.15, 0.2) is 5.96 Å². The summed E-state index contributed by atoms with van der Waals surface area (Å²) in [6, 6.07) is 1.60. The normalized spacial score (nSPS) is 17.9. The van der Waals surface area contributed by atoms with Gasteiger partial charge in [0.2, 0.25) is 0 Å². The standard InChI is InChI=1S/C23H28ClN9O4S/c24-12-4-5-18-29-15(10-32(18)8-12)21(35)33-9-13(25)7-17(33)20-31-16(11-38-20)19(34)30-14(22(36)37)3-1-2-6-28-23(26)27/h4-5,8,10-11,13-14,17H,1-3,6-7,9,25H2,(H,30,34)(H,36,37)(H4,26,27,28)/t13-,14+,17+/m1/s1. The highest BCUT2D eigenvalue weighted by Gasteiger charge is 2.38. The van der Waals surface area contributed by atoms with Gasteiger partial charge in [0, 0.05) is 36.9 Å². The van der Waals surface area contributed by atoms with Crippen LogP contribution in [0.1, 0.15) is 57.7 Å². The number of likely N-dealkylation sites (tertiary alicyclic amines) is 1. The minimum absolute atomic E-state index is 0.0285. The van der Waals surface area contributed by atoms with Gasteiger partial charge in [-0.2, -0.15) is 0 Å². The van der Waals surface area contributed by atoms with Crippen molar-refractivity contribution in [3.8, 4) is 0 Å². The molecule has 3 aromatic rings. The monoisotopic (exact) mass is 561 g/mol. The molecular formula is C23H28ClN9O4S. The van der Waals surface area contributed by atoms with E-state index in [2.05, 4.69) is 20.3 Å². The second-order valence-electron chi connectivity index (χ2n) is 8.95. The van der Waals surface area contributed by atoms with E-state index in [0.29, 0.717) is 48.0 Å². The lowest BCUT2D eigenvalue weighted by Gasteiger charge is -2.21. The fraction of sp³-hybridized carbons (Fsp3) is 0.391. The zero-order valence-electron chi connectivity index (χ0n) is 20.3. The van der Waals surface area contributed by atoms with Crippen LogP contribution in [0.2, 0.25) is 5.02 Å². The van der Waals surface area contributed by atoms with E-state index in [0.717, 1.165) is 0 Å². The van der Waals surface area contributed by atoms with Gasteiger partial charge in [-0.25, -0.2) is 14.8 Å². The number of carboxylic acids is 1. The number of carbonyl (C=O) groups is 3. The minimum Gasteiger partial charge on any atom is -0.480 e. The minimum atomic E-state index is -1.15. The molecule has 8 N–H and O–H groups in total. The molecule has 4 rings (SSSR count). The Hall–Kier alpha value is -3.75. The lowest BCUT2D eigenvalue weighted by molar-refractivity contribution is -0.139. The first-order chi connectivity index (χ1) is 18.1. The number of carboxylic acid groups (broad SMARTS) is 1. The van der Waals surface area contributed by atoms with E-state index in [-0.39, 0.29) is 35.7 Å². The van der Waals surface area contributed by atoms with Gasteiger partial charge in [0.1, 0.15) is 28.1 Å². The lowest BCUT2D eigenvalue weighted by Crippen LogP contribution is -2.41. The van der Waals surface area contributed by atoms with E-state index in [9.17, 15) is 19.5 Å². The molecule has 3 aromatic heterocycles. The number of rotatable bonds is 10. The predicted octanol–water partition coefficient (Wildman–Crippen LogP) is 0.985. The van der Waals surface area contributed by atoms with Gasteiger partial charge in [-0.05, 0) is 37.8 Å². The Morgan fingerprint density at radius 2 is 2.00 bits per heavy atom. The molecule has 1 aliphatic heterocycles. The van der Waals surface area contributed by atoms with Crippen LogP contribution >= 0.6 is 22.9 Å². The van der Waals surface area contributed by atoms with Crippen LogP contribution in [0.5, 0.6) is 0 Å². The van der Waals surface area contributed by atoms with Crippen LogP contribution in [0.15, 0.2) is 34.9 Å². The molecule has 0 bridgehead atoms. The second-order valence-corrected chi connectivity index (χ2v) is 10.3. The van der Waals surface area contributed by atoms with Crippen LogP contribution < -0.4 is 22.5 Å². The van der Waals surface area contributed by atoms with E-state index >= 15 is 0 Å². The smallest absolute Gasteiger partial charge is 0.326 e. The summed E-state index contributed by atoms with van der Waals surface area (Å²) in [5.74, 6) is -2.10. The largest absolute Gasteiger partial charge is 0.480 e. The Bertz CT molecular complexity index is 1370. The fourth-order valence-corrected chi connectivity index (χ4v) is 5.34. The highest BCUT2D eigenvalue weighted by molar-refractivity contribution is 7.09. The molecule has 0 saturated carbocycles. The van der Waals surface area contributed by atoms with Crippen molar-refractivity contribution in [1.29, 1.82) is 0 Å². The Morgan fingerprint density at radius 3 is 2.74 bits per heavy atom. The van der Waals surface area contributed by atoms with Crippen LogP contribution in [0.4, 0.5) is 0 Å². The number of fused-ring (bicyclic) bond motifs is 1. The summed E-state index contributed by atoms with van der Waals surface area (Å²) >= 11 is 7.25. The summed E-state index contributed by atoms with van der Waals surface area (Å²) in [6.07, 6.45) is 5.02. The summed E-state index contributed by atoms with van der Waals surface area (Å²) in [6.45, 7) is 0.680. The van der Waals surface area contributed by atoms with Crippen molar-refractivity contribution < 1.29 is 19.5 Å². The van der Waals surface area contributed by atoms with Crippen LogP contribution in [0.3, 0.4) is 0 Å². The van der Waals surface area contributed by atoms with E-state index in [1.54, 1.807) is 39.2 Å². The number of unbranched alkanes of at least 4 members (excludes halogenated alkanes) is 1. The third-order valence-electron chi connectivity index (χ3n) is 6.07. The number of guanidine groups is 1. The van der Waals surface area contributed by atoms with Gasteiger partial charge in [-0.1, -0.05) is 11.6 Å². The van der Waals surface area contributed by atoms with E-state index in [4.69, 9.17) is 28.8 Å². The van der Waals surface area contributed by atoms with E-state index in [1.807, 2.05) is 0 Å². The first-order valence-electron chi connectivity index (χ1n) is 11.9. The quantitative estimate of drug-likeness (QED) is 0.135. The third kappa shape index (κ3) is 6.38. The highest BCUT2D eigenvalue weighted by atomic mass is 35.5. The average molecular weight is 562 g/mol. The van der Waals surface area contributed by atoms with Crippen molar-refractivity contribution in [1.82, 2.24) is 24.6 Å². The van der Waals surface area contributed by atoms with Crippen molar-refractivity contribution in [2.24, 2.45) is 22.2 Å². The van der Waals surface area contributed by atoms with Crippen LogP contribution in [0.25, 0.3) is 5.65 Å². The molecule has 1 aliphatic rings. The predicted molar refractivity (Wildman–Crippen MR) is 142 cm³/mol. The molecule has 3 atom stereocenters. The number of carbonyl (C=O) groups excluding carboxylic acids is 2. The molecule has 0 aliphatic carbocycles. The van der Waals surface area contributed by atoms with E-state index in [1.165, 1.54) is 11.3 Å². The molecule has 38 heavy (non-hydrogen) atoms. The second kappa shape index (κ2) is 11.8. The molecule has 0 radical (unpaired) electrons. The molecule has 13 nitrogen and oxygen atoms in total. The van der Waals surface area contributed by atoms with E-state index < -0.39 is 24.0 Å². The Balaban J connectivity index is 1.43. The number of amides is 2. The Kier molecular flexibility index (Phi) is 8.44. The van der Waals surface area contributed by atoms with Gasteiger partial charge < -0.3 is 36.9 Å². The van der Waals surface area contributed by atoms with Gasteiger partial charge in [-0.3, -0.25) is 14.6 Å². The van der Waals surface area contributed by atoms with Crippen molar-refractivity contribution in [2.75, 3.05) is 13.1 Å². The molecule has 2 amide bonds.